The Morgan fingerprint density at radius 1 is 0.931 bits per heavy atom. The van der Waals surface area contributed by atoms with E-state index < -0.39 is 23.7 Å². The number of carbonyl (C=O) groups excluding carboxylic acids is 3. The Hall–Kier alpha value is -3.74. The number of benzene rings is 2. The minimum absolute atomic E-state index is 0.124. The minimum atomic E-state index is -0.655. The lowest BCUT2D eigenvalue weighted by molar-refractivity contribution is -0.136. The molecule has 148 valence electrons. The van der Waals surface area contributed by atoms with E-state index in [-0.39, 0.29) is 11.1 Å². The summed E-state index contributed by atoms with van der Waals surface area (Å²) >= 11 is 0. The van der Waals surface area contributed by atoms with Crippen LogP contribution < -0.4 is 4.90 Å². The molecule has 0 atom stereocenters. The second kappa shape index (κ2) is 8.10. The molecule has 2 aromatic rings. The topological polar surface area (TPSA) is 72.9 Å². The first-order valence-electron chi connectivity index (χ1n) is 8.67. The van der Waals surface area contributed by atoms with Crippen molar-refractivity contribution in [2.24, 2.45) is 0 Å². The lowest BCUT2D eigenvalue weighted by atomic mass is 10.0. The Balaban J connectivity index is 2.06. The van der Waals surface area contributed by atoms with Crippen LogP contribution in [0.2, 0.25) is 0 Å². The van der Waals surface area contributed by atoms with E-state index in [2.05, 4.69) is 4.74 Å². The van der Waals surface area contributed by atoms with Gasteiger partial charge in [-0.25, -0.2) is 14.0 Å². The highest BCUT2D eigenvalue weighted by molar-refractivity contribution is 6.23. The van der Waals surface area contributed by atoms with E-state index in [0.29, 0.717) is 22.5 Å². The van der Waals surface area contributed by atoms with Crippen LogP contribution in [0.5, 0.6) is 0 Å². The van der Waals surface area contributed by atoms with E-state index in [1.54, 1.807) is 37.3 Å². The zero-order valence-corrected chi connectivity index (χ0v) is 16.1. The molecule has 0 fully saturated rings. The van der Waals surface area contributed by atoms with E-state index in [1.807, 2.05) is 0 Å². The molecule has 0 radical (unpaired) electrons. The summed E-state index contributed by atoms with van der Waals surface area (Å²) in [6, 6.07) is 11.8. The van der Waals surface area contributed by atoms with E-state index in [1.165, 1.54) is 43.4 Å². The summed E-state index contributed by atoms with van der Waals surface area (Å²) in [6.45, 7) is 1.62. The average molecular weight is 395 g/mol. The van der Waals surface area contributed by atoms with Crippen LogP contribution in [0, 0.1) is 5.82 Å². The standard InChI is InChI=1S/C22H18FNO5/c1-13-19(22(27)29-3)18(12-14-4-6-15(7-5-14)21(26)28-2)20(25)24(13)17-10-8-16(23)9-11-17/h4-12H,1-3H3. The third-order valence-electron chi connectivity index (χ3n) is 4.52. The number of carbonyl (C=O) groups is 3. The molecule has 1 aliphatic heterocycles. The van der Waals surface area contributed by atoms with Crippen LogP contribution in [0.1, 0.15) is 22.8 Å². The van der Waals surface area contributed by atoms with E-state index >= 15 is 0 Å². The highest BCUT2D eigenvalue weighted by atomic mass is 19.1. The third-order valence-corrected chi connectivity index (χ3v) is 4.52. The second-order valence-electron chi connectivity index (χ2n) is 6.24. The van der Waals surface area contributed by atoms with Gasteiger partial charge in [0, 0.05) is 11.4 Å². The predicted octanol–water partition coefficient (Wildman–Crippen LogP) is 3.49. The summed E-state index contributed by atoms with van der Waals surface area (Å²) in [5, 5.41) is 0. The molecule has 0 aromatic heterocycles. The van der Waals surface area contributed by atoms with Crippen LogP contribution in [0.4, 0.5) is 10.1 Å². The SMILES string of the molecule is COC(=O)C1=C(C)N(c2ccc(F)cc2)C(=O)C1=Cc1ccc(C(=O)OC)cc1. The van der Waals surface area contributed by atoms with Crippen LogP contribution in [-0.4, -0.2) is 32.1 Å². The van der Waals surface area contributed by atoms with Gasteiger partial charge in [-0.15, -0.1) is 0 Å². The number of amides is 1. The summed E-state index contributed by atoms with van der Waals surface area (Å²) in [6.07, 6.45) is 1.54. The first kappa shape index (κ1) is 20.0. The number of halogens is 1. The molecule has 0 aliphatic carbocycles. The number of ether oxygens (including phenoxy) is 2. The Labute approximate surface area is 166 Å². The van der Waals surface area contributed by atoms with Crippen LogP contribution in [0.15, 0.2) is 65.4 Å². The number of methoxy groups -OCH3 is 2. The molecule has 29 heavy (non-hydrogen) atoms. The maximum Gasteiger partial charge on any atom is 0.340 e. The number of hydrogen-bond donors (Lipinski definition) is 0. The number of allylic oxidation sites excluding steroid dienone is 1. The third kappa shape index (κ3) is 3.80. The Bertz CT molecular complexity index is 1040. The Morgan fingerprint density at radius 3 is 2.07 bits per heavy atom. The van der Waals surface area contributed by atoms with Gasteiger partial charge in [0.2, 0.25) is 0 Å². The van der Waals surface area contributed by atoms with E-state index in [4.69, 9.17) is 4.74 Å². The summed E-state index contributed by atoms with van der Waals surface area (Å²) in [5.74, 6) is -2.00. The van der Waals surface area contributed by atoms with Gasteiger partial charge < -0.3 is 9.47 Å². The van der Waals surface area contributed by atoms with Crippen molar-refractivity contribution >= 4 is 29.6 Å². The van der Waals surface area contributed by atoms with Gasteiger partial charge in [0.15, 0.2) is 0 Å². The Kier molecular flexibility index (Phi) is 5.59. The van der Waals surface area contributed by atoms with Gasteiger partial charge in [-0.05, 0) is 55.0 Å². The van der Waals surface area contributed by atoms with Crippen LogP contribution in [0.25, 0.3) is 6.08 Å². The number of rotatable bonds is 4. The minimum Gasteiger partial charge on any atom is -0.465 e. The Morgan fingerprint density at radius 2 is 1.52 bits per heavy atom. The van der Waals surface area contributed by atoms with E-state index in [9.17, 15) is 18.8 Å². The number of hydrogen-bond acceptors (Lipinski definition) is 5. The van der Waals surface area contributed by atoms with Crippen molar-refractivity contribution in [1.82, 2.24) is 0 Å². The second-order valence-corrected chi connectivity index (χ2v) is 6.24. The maximum atomic E-state index is 13.3. The van der Waals surface area contributed by atoms with Crippen molar-refractivity contribution < 1.29 is 28.2 Å². The van der Waals surface area contributed by atoms with Crippen molar-refractivity contribution in [2.75, 3.05) is 19.1 Å². The molecule has 6 nitrogen and oxygen atoms in total. The highest BCUT2D eigenvalue weighted by Gasteiger charge is 2.37. The molecule has 3 rings (SSSR count). The van der Waals surface area contributed by atoms with Gasteiger partial charge >= 0.3 is 11.9 Å². The van der Waals surface area contributed by atoms with Crippen molar-refractivity contribution in [1.29, 1.82) is 0 Å². The van der Waals surface area contributed by atoms with Crippen LogP contribution in [-0.2, 0) is 19.1 Å². The molecule has 0 N–H and O–H groups in total. The largest absolute Gasteiger partial charge is 0.465 e. The van der Waals surface area contributed by atoms with Crippen molar-refractivity contribution in [2.45, 2.75) is 6.92 Å². The van der Waals surface area contributed by atoms with Gasteiger partial charge in [0.25, 0.3) is 5.91 Å². The summed E-state index contributed by atoms with van der Waals surface area (Å²) in [5.41, 5.74) is 2.05. The lowest BCUT2D eigenvalue weighted by Crippen LogP contribution is -2.24. The number of esters is 2. The summed E-state index contributed by atoms with van der Waals surface area (Å²) in [7, 11) is 2.52. The first-order chi connectivity index (χ1) is 13.9. The molecule has 7 heteroatoms. The molecule has 1 aliphatic rings. The van der Waals surface area contributed by atoms with Crippen molar-refractivity contribution in [3.8, 4) is 0 Å². The molecule has 0 spiro atoms. The predicted molar refractivity (Wildman–Crippen MR) is 104 cm³/mol. The maximum absolute atomic E-state index is 13.3. The van der Waals surface area contributed by atoms with Gasteiger partial charge in [-0.2, -0.15) is 0 Å². The molecule has 0 bridgehead atoms. The van der Waals surface area contributed by atoms with Gasteiger partial charge in [-0.3, -0.25) is 9.69 Å². The van der Waals surface area contributed by atoms with Crippen LogP contribution >= 0.6 is 0 Å². The molecule has 0 saturated heterocycles. The van der Waals surface area contributed by atoms with Crippen molar-refractivity contribution in [3.63, 3.8) is 0 Å². The molecular formula is C22H18FNO5. The number of anilines is 1. The molecular weight excluding hydrogens is 377 g/mol. The molecule has 0 saturated carbocycles. The number of nitrogens with zero attached hydrogens (tertiary/aromatic N) is 1. The van der Waals surface area contributed by atoms with Gasteiger partial charge in [0.05, 0.1) is 30.9 Å². The lowest BCUT2D eigenvalue weighted by Gasteiger charge is -2.17. The fraction of sp³-hybridized carbons (Fsp3) is 0.136. The van der Waals surface area contributed by atoms with Crippen molar-refractivity contribution in [3.05, 3.63) is 82.3 Å². The van der Waals surface area contributed by atoms with Crippen LogP contribution in [0.3, 0.4) is 0 Å². The summed E-state index contributed by atoms with van der Waals surface area (Å²) in [4.78, 5) is 38.4. The zero-order chi connectivity index (χ0) is 21.1. The monoisotopic (exact) mass is 395 g/mol. The quantitative estimate of drug-likeness (QED) is 0.585. The first-order valence-corrected chi connectivity index (χ1v) is 8.67. The molecule has 2 aromatic carbocycles. The fourth-order valence-corrected chi connectivity index (χ4v) is 3.08. The summed E-state index contributed by atoms with van der Waals surface area (Å²) < 4.78 is 22.8. The zero-order valence-electron chi connectivity index (χ0n) is 16.1. The molecule has 0 unspecified atom stereocenters. The van der Waals surface area contributed by atoms with Gasteiger partial charge in [-0.1, -0.05) is 12.1 Å². The normalized spacial score (nSPS) is 15.1. The smallest absolute Gasteiger partial charge is 0.340 e. The van der Waals surface area contributed by atoms with Gasteiger partial charge in [0.1, 0.15) is 5.82 Å². The average Bonchev–Trinajstić information content (AvgIpc) is 2.98. The fourth-order valence-electron chi connectivity index (χ4n) is 3.08. The van der Waals surface area contributed by atoms with E-state index in [0.717, 1.165) is 0 Å². The highest BCUT2D eigenvalue weighted by Crippen LogP contribution is 2.35. The molecule has 1 amide bonds. The molecule has 1 heterocycles.